The Balaban J connectivity index is 7.84. The van der Waals surface area contributed by atoms with E-state index in [0.717, 1.165) is 0 Å². The molecule has 0 aliphatic rings. The van der Waals surface area contributed by atoms with E-state index in [9.17, 15) is 48.3 Å². The highest BCUT2D eigenvalue weighted by molar-refractivity contribution is 9.10. The van der Waals surface area contributed by atoms with Crippen LogP contribution in [0.15, 0.2) is 0 Å². The van der Waals surface area contributed by atoms with Gasteiger partial charge in [0.1, 0.15) is 0 Å². The Morgan fingerprint density at radius 2 is 1.17 bits per heavy atom. The minimum Gasteiger partial charge on any atom is -0.219 e. The zero-order chi connectivity index (χ0) is 20.1. The average molecular weight is 488 g/mol. The Morgan fingerprint density at radius 1 is 0.833 bits per heavy atom. The van der Waals surface area contributed by atoms with Gasteiger partial charge in [-0.2, -0.15) is 39.3 Å². The molecule has 0 fully saturated rings. The van der Waals surface area contributed by atoms with Crippen molar-refractivity contribution in [3.05, 3.63) is 0 Å². The molecule has 0 saturated carbocycles. The highest BCUT2D eigenvalue weighted by atomic mass is 35.6. The van der Waals surface area contributed by atoms with Gasteiger partial charge in [-0.05, 0) is 6.26 Å². The summed E-state index contributed by atoms with van der Waals surface area (Å²) in [5, 5.41) is 0. The first-order valence-electron chi connectivity index (χ1n) is 4.66. The fourth-order valence-electron chi connectivity index (χ4n) is 1.46. The fraction of sp³-hybridized carbons (Fsp3) is 1.00. The lowest BCUT2D eigenvalue weighted by molar-refractivity contribution is -0.296. The molecular formula is C6H4Cl3F11O2S2. The van der Waals surface area contributed by atoms with Crippen molar-refractivity contribution in [2.45, 2.75) is 27.1 Å². The van der Waals surface area contributed by atoms with Crippen LogP contribution in [0.4, 0.5) is 48.3 Å². The van der Waals surface area contributed by atoms with Crippen LogP contribution in [0.25, 0.3) is 0 Å². The van der Waals surface area contributed by atoms with Gasteiger partial charge in [-0.25, -0.2) is 4.18 Å². The van der Waals surface area contributed by atoms with Crippen LogP contribution in [-0.2, 0) is 8.37 Å². The van der Waals surface area contributed by atoms with E-state index in [1.54, 1.807) is 0 Å². The van der Waals surface area contributed by atoms with Crippen molar-refractivity contribution in [3.63, 3.8) is 0 Å². The highest BCUT2D eigenvalue weighted by Gasteiger charge is 2.99. The van der Waals surface area contributed by atoms with Crippen LogP contribution in [0.2, 0.25) is 0 Å². The summed E-state index contributed by atoms with van der Waals surface area (Å²) < 4.78 is 144. The molecule has 0 aromatic carbocycles. The van der Waals surface area contributed by atoms with Gasteiger partial charge in [-0.15, -0.1) is 13.2 Å². The molecule has 0 atom stereocenters. The summed E-state index contributed by atoms with van der Waals surface area (Å²) in [5.74, 6) is 0. The number of hydrogen-bond donors (Lipinski definition) is 0. The van der Waals surface area contributed by atoms with E-state index in [2.05, 4.69) is 43.2 Å². The number of alkyl halides is 14. The van der Waals surface area contributed by atoms with Gasteiger partial charge in [0.05, 0.1) is 0 Å². The van der Waals surface area contributed by atoms with E-state index in [1.165, 1.54) is 0 Å². The number of halogens is 14. The zero-order valence-corrected chi connectivity index (χ0v) is 14.4. The summed E-state index contributed by atoms with van der Waals surface area (Å²) in [6, 6.07) is 0. The summed E-state index contributed by atoms with van der Waals surface area (Å²) in [6.07, 6.45) is -7.17. The minimum atomic E-state index is -10.3. The molecule has 0 unspecified atom stereocenters. The van der Waals surface area contributed by atoms with Gasteiger partial charge in [-0.1, -0.05) is 53.5 Å². The van der Waals surface area contributed by atoms with Gasteiger partial charge in [0, 0.05) is 0 Å². The van der Waals surface area contributed by atoms with Gasteiger partial charge in [0.25, 0.3) is 3.12 Å². The molecule has 0 N–H and O–H groups in total. The molecule has 0 amide bonds. The Kier molecular flexibility index (Phi) is 6.03. The maximum atomic E-state index is 13.5. The zero-order valence-electron chi connectivity index (χ0n) is 10.5. The molecular weight excluding hydrogens is 484 g/mol. The second kappa shape index (κ2) is 5.86. The van der Waals surface area contributed by atoms with Crippen molar-refractivity contribution in [1.82, 2.24) is 0 Å². The van der Waals surface area contributed by atoms with E-state index in [-0.39, 0.29) is 6.26 Å². The maximum absolute atomic E-state index is 13.5. The summed E-state index contributed by atoms with van der Waals surface area (Å²) in [5.41, 5.74) is -14.8. The molecule has 0 heterocycles. The lowest BCUT2D eigenvalue weighted by Gasteiger charge is -2.81. The van der Waals surface area contributed by atoms with Crippen LogP contribution in [-0.4, -0.2) is 33.4 Å². The number of rotatable bonds is 4. The molecule has 0 aromatic heterocycles. The molecule has 0 aromatic rings. The molecule has 2 nitrogen and oxygen atoms in total. The van der Waals surface area contributed by atoms with Crippen LogP contribution >= 0.6 is 53.5 Å². The predicted octanol–water partition coefficient (Wildman–Crippen LogP) is 7.11. The van der Waals surface area contributed by atoms with E-state index in [4.69, 9.17) is 0 Å². The van der Waals surface area contributed by atoms with E-state index < -0.39 is 45.8 Å². The molecule has 18 heteroatoms. The van der Waals surface area contributed by atoms with Crippen molar-refractivity contribution in [1.29, 1.82) is 0 Å². The van der Waals surface area contributed by atoms with Gasteiger partial charge in [-0.3, -0.25) is 0 Å². The molecule has 0 bridgehead atoms. The molecule has 0 saturated heterocycles. The van der Waals surface area contributed by atoms with Crippen LogP contribution in [0.5, 0.6) is 0 Å². The minimum absolute atomic E-state index is 0.321. The maximum Gasteiger partial charge on any atom is 0.540 e. The SMILES string of the molecule is CSS(OC(F)F)(OC(F)(F)F)(C(F)(F)F)(C(F)(F)F)C(Cl)(Cl)Cl. The van der Waals surface area contributed by atoms with Crippen LogP contribution in [0, 0.1) is 0 Å². The topological polar surface area (TPSA) is 18.5 Å². The summed E-state index contributed by atoms with van der Waals surface area (Å²) in [7, 11) is -12.3. The molecule has 0 rings (SSSR count). The first-order valence-corrected chi connectivity index (χ1v) is 9.84. The highest BCUT2D eigenvalue weighted by Crippen LogP contribution is 3.17. The van der Waals surface area contributed by atoms with Gasteiger partial charge in [0.2, 0.25) is 0 Å². The normalized spacial score (nSPS) is 18.5. The predicted molar refractivity (Wildman–Crippen MR) is 67.7 cm³/mol. The summed E-state index contributed by atoms with van der Waals surface area (Å²) >= 11 is 13.9. The Bertz CT molecular complexity index is 454. The van der Waals surface area contributed by atoms with Gasteiger partial charge in [0.15, 0.2) is 0 Å². The summed E-state index contributed by atoms with van der Waals surface area (Å²) in [6.45, 7) is -5.12. The third-order valence-electron chi connectivity index (χ3n) is 2.51. The molecule has 150 valence electrons. The first kappa shape index (κ1) is 24.7. The third kappa shape index (κ3) is 2.48. The Morgan fingerprint density at radius 3 is 1.29 bits per heavy atom. The Labute approximate surface area is 143 Å². The van der Waals surface area contributed by atoms with Crippen molar-refractivity contribution in [2.75, 3.05) is 6.26 Å². The van der Waals surface area contributed by atoms with E-state index in [1.807, 2.05) is 0 Å². The second-order valence-electron chi connectivity index (χ2n) is 3.65. The quantitative estimate of drug-likeness (QED) is 0.239. The van der Waals surface area contributed by atoms with Crippen LogP contribution in [0.1, 0.15) is 0 Å². The van der Waals surface area contributed by atoms with E-state index in [0.29, 0.717) is 0 Å². The molecule has 24 heavy (non-hydrogen) atoms. The monoisotopic (exact) mass is 486 g/mol. The molecule has 0 spiro atoms. The first-order chi connectivity index (χ1) is 10.1. The van der Waals surface area contributed by atoms with Crippen LogP contribution in [0.3, 0.4) is 0 Å². The van der Waals surface area contributed by atoms with Crippen LogP contribution < -0.4 is 0 Å². The van der Waals surface area contributed by atoms with E-state index >= 15 is 0 Å². The lowest BCUT2D eigenvalue weighted by atomic mass is 11.4. The van der Waals surface area contributed by atoms with Gasteiger partial charge < -0.3 is 0 Å². The smallest absolute Gasteiger partial charge is 0.219 e. The Hall–Kier alpha value is 0.720. The van der Waals surface area contributed by atoms with Crippen molar-refractivity contribution in [3.8, 4) is 0 Å². The van der Waals surface area contributed by atoms with Crippen molar-refractivity contribution >= 4 is 53.5 Å². The average Bonchev–Trinajstić information content (AvgIpc) is 2.20. The third-order valence-corrected chi connectivity index (χ3v) is 16.2. The largest absolute Gasteiger partial charge is 0.540 e. The number of hydrogen-bond acceptors (Lipinski definition) is 3. The lowest BCUT2D eigenvalue weighted by Crippen LogP contribution is -2.67. The van der Waals surface area contributed by atoms with Gasteiger partial charge >= 0.3 is 24.0 Å². The molecule has 0 radical (unpaired) electrons. The standard InChI is InChI=1S/C6H4Cl3F11O2S2/c1-23-24(3(7,8)9,5(15,16)17,6(18,19)20,21-2(10)11)22-4(12,13)14/h2H,1H3. The second-order valence-corrected chi connectivity index (χ2v) is 14.7. The van der Waals surface area contributed by atoms with Crippen molar-refractivity contribution in [2.24, 2.45) is 0 Å². The van der Waals surface area contributed by atoms with Crippen molar-refractivity contribution < 1.29 is 56.7 Å². The summed E-state index contributed by atoms with van der Waals surface area (Å²) in [4.78, 5) is 0. The fourth-order valence-corrected chi connectivity index (χ4v) is 10.8. The molecule has 0 aliphatic heterocycles. The molecule has 0 aliphatic carbocycles.